The SMILES string of the molecule is C[C@]12/C=C\CCCCOC(=O)[C@H]1[C@H]1C(=O)N([C@@H](CO)Cc3ccccc3)C3C(=O)N(c4ccc5ccccc5c4)CC=C[C@@]31S2. The van der Waals surface area contributed by atoms with E-state index < -0.39 is 39.4 Å². The Hall–Kier alpha value is -3.88. The van der Waals surface area contributed by atoms with Crippen molar-refractivity contribution in [2.45, 2.75) is 54.2 Å². The molecule has 8 heteroatoms. The van der Waals surface area contributed by atoms with Crippen molar-refractivity contribution in [3.63, 3.8) is 0 Å². The van der Waals surface area contributed by atoms with Gasteiger partial charge in [0.2, 0.25) is 5.91 Å². The second-order valence-electron chi connectivity index (χ2n) is 12.7. The van der Waals surface area contributed by atoms with Crippen molar-refractivity contribution in [2.75, 3.05) is 24.7 Å². The van der Waals surface area contributed by atoms with Crippen molar-refractivity contribution < 1.29 is 24.2 Å². The lowest BCUT2D eigenvalue weighted by Crippen LogP contribution is -2.57. The smallest absolute Gasteiger partial charge is 0.311 e. The fourth-order valence-electron chi connectivity index (χ4n) is 7.84. The summed E-state index contributed by atoms with van der Waals surface area (Å²) in [5.74, 6) is -2.49. The summed E-state index contributed by atoms with van der Waals surface area (Å²) in [6, 6.07) is 22.1. The highest BCUT2D eigenvalue weighted by atomic mass is 32.2. The number of aliphatic hydroxyl groups excluding tert-OH is 1. The molecule has 0 saturated carbocycles. The molecule has 4 aliphatic rings. The molecule has 3 aromatic carbocycles. The van der Waals surface area contributed by atoms with Crippen LogP contribution in [-0.4, -0.2) is 69.1 Å². The minimum absolute atomic E-state index is 0.213. The Morgan fingerprint density at radius 1 is 0.911 bits per heavy atom. The van der Waals surface area contributed by atoms with Gasteiger partial charge in [-0.25, -0.2) is 0 Å². The van der Waals surface area contributed by atoms with E-state index in [1.807, 2.05) is 91.9 Å². The maximum atomic E-state index is 15.0. The number of cyclic esters (lactones) is 1. The molecule has 0 aromatic heterocycles. The van der Waals surface area contributed by atoms with Gasteiger partial charge in [0, 0.05) is 17.0 Å². The van der Waals surface area contributed by atoms with E-state index >= 15 is 4.79 Å². The number of hydrogen-bond donors (Lipinski definition) is 1. The highest BCUT2D eigenvalue weighted by molar-refractivity contribution is 8.02. The summed E-state index contributed by atoms with van der Waals surface area (Å²) in [5.41, 5.74) is 1.70. The fraction of sp³-hybridized carbons (Fsp3) is 0.378. The van der Waals surface area contributed by atoms with Crippen LogP contribution in [0.3, 0.4) is 0 Å². The molecular weight excluding hydrogens is 584 g/mol. The average molecular weight is 623 g/mol. The largest absolute Gasteiger partial charge is 0.465 e. The Labute approximate surface area is 267 Å². The van der Waals surface area contributed by atoms with Crippen LogP contribution in [0.25, 0.3) is 10.8 Å². The quantitative estimate of drug-likeness (QED) is 0.306. The number of likely N-dealkylation sites (tertiary alicyclic amines) is 1. The van der Waals surface area contributed by atoms with Gasteiger partial charge in [-0.15, -0.1) is 11.8 Å². The van der Waals surface area contributed by atoms with E-state index in [1.54, 1.807) is 9.80 Å². The molecule has 7 rings (SSSR count). The number of amides is 2. The third kappa shape index (κ3) is 4.99. The molecular formula is C37H38N2O5S. The number of anilines is 1. The predicted octanol–water partition coefficient (Wildman–Crippen LogP) is 5.32. The van der Waals surface area contributed by atoms with E-state index in [0.717, 1.165) is 41.3 Å². The van der Waals surface area contributed by atoms with Gasteiger partial charge in [0.15, 0.2) is 0 Å². The minimum Gasteiger partial charge on any atom is -0.465 e. The number of benzene rings is 3. The van der Waals surface area contributed by atoms with Crippen LogP contribution in [0.5, 0.6) is 0 Å². The van der Waals surface area contributed by atoms with E-state index in [-0.39, 0.29) is 18.4 Å². The summed E-state index contributed by atoms with van der Waals surface area (Å²) in [6.07, 6.45) is 11.1. The molecule has 0 aliphatic carbocycles. The zero-order chi connectivity index (χ0) is 31.2. The number of thioether (sulfide) groups is 1. The Bertz CT molecular complexity index is 1690. The number of nitrogens with zero attached hydrogens (tertiary/aromatic N) is 2. The number of aliphatic hydroxyl groups is 1. The first kappa shape index (κ1) is 29.8. The summed E-state index contributed by atoms with van der Waals surface area (Å²) >= 11 is 1.53. The highest BCUT2D eigenvalue weighted by Crippen LogP contribution is 2.65. The van der Waals surface area contributed by atoms with Crippen molar-refractivity contribution >= 4 is 46.0 Å². The summed E-state index contributed by atoms with van der Waals surface area (Å²) in [6.45, 7) is 2.32. The molecule has 4 aliphatic heterocycles. The van der Waals surface area contributed by atoms with Gasteiger partial charge in [-0.3, -0.25) is 14.4 Å². The van der Waals surface area contributed by atoms with Crippen molar-refractivity contribution in [1.82, 2.24) is 4.90 Å². The lowest BCUT2D eigenvalue weighted by atomic mass is 9.74. The number of allylic oxidation sites excluding steroid dienone is 1. The van der Waals surface area contributed by atoms with E-state index in [0.29, 0.717) is 19.6 Å². The zero-order valence-corrected chi connectivity index (χ0v) is 26.2. The first-order chi connectivity index (χ1) is 21.9. The molecule has 2 saturated heterocycles. The molecule has 2 fully saturated rings. The van der Waals surface area contributed by atoms with Crippen LogP contribution in [0.2, 0.25) is 0 Å². The molecule has 7 nitrogen and oxygen atoms in total. The fourth-order valence-corrected chi connectivity index (χ4v) is 9.98. The number of ether oxygens (including phenoxy) is 1. The van der Waals surface area contributed by atoms with Crippen molar-refractivity contribution in [1.29, 1.82) is 0 Å². The number of carbonyl (C=O) groups is 3. The zero-order valence-electron chi connectivity index (χ0n) is 25.4. The van der Waals surface area contributed by atoms with E-state index in [1.165, 1.54) is 11.8 Å². The maximum Gasteiger partial charge on any atom is 0.311 e. The van der Waals surface area contributed by atoms with Crippen LogP contribution in [0.4, 0.5) is 5.69 Å². The molecule has 1 N–H and O–H groups in total. The van der Waals surface area contributed by atoms with Crippen LogP contribution in [0.15, 0.2) is 97.1 Å². The summed E-state index contributed by atoms with van der Waals surface area (Å²) in [5, 5.41) is 12.9. The van der Waals surface area contributed by atoms with Gasteiger partial charge in [0.1, 0.15) is 6.04 Å². The second kappa shape index (κ2) is 11.8. The molecule has 6 atom stereocenters. The monoisotopic (exact) mass is 622 g/mol. The van der Waals surface area contributed by atoms with Crippen LogP contribution in [0, 0.1) is 11.8 Å². The van der Waals surface area contributed by atoms with Gasteiger partial charge in [-0.1, -0.05) is 85.0 Å². The van der Waals surface area contributed by atoms with E-state index in [2.05, 4.69) is 12.2 Å². The molecule has 1 spiro atoms. The Balaban J connectivity index is 1.37. The standard InChI is InChI=1S/C37H38N2O5S/c1-36-18-9-2-3-10-21-44-35(43)31(36)30-33(41)39(29(24-40)22-25-12-5-4-6-13-25)32-34(42)38(20-11-19-37(30,32)45-36)28-17-16-26-14-7-8-15-27(26)23-28/h4-9,11-19,23,29-32,40H,2-3,10,20-22,24H2,1H3/b18-9-/t29-,30+,31-,32?,36+,37+/m1/s1. The molecule has 232 valence electrons. The first-order valence-corrected chi connectivity index (χ1v) is 16.7. The van der Waals surface area contributed by atoms with E-state index in [9.17, 15) is 14.7 Å². The Morgan fingerprint density at radius 2 is 1.69 bits per heavy atom. The first-order valence-electron chi connectivity index (χ1n) is 15.9. The van der Waals surface area contributed by atoms with Gasteiger partial charge in [-0.2, -0.15) is 0 Å². The Kier molecular flexibility index (Phi) is 7.82. The van der Waals surface area contributed by atoms with Gasteiger partial charge >= 0.3 is 5.97 Å². The van der Waals surface area contributed by atoms with Gasteiger partial charge in [-0.05, 0) is 61.1 Å². The van der Waals surface area contributed by atoms with Crippen molar-refractivity contribution in [2.24, 2.45) is 11.8 Å². The molecule has 0 bridgehead atoms. The summed E-state index contributed by atoms with van der Waals surface area (Å²) in [4.78, 5) is 47.2. The van der Waals surface area contributed by atoms with Crippen molar-refractivity contribution in [3.05, 3.63) is 103 Å². The van der Waals surface area contributed by atoms with Crippen LogP contribution < -0.4 is 4.90 Å². The highest BCUT2D eigenvalue weighted by Gasteiger charge is 2.74. The molecule has 1 unspecified atom stereocenters. The molecule has 2 amide bonds. The van der Waals surface area contributed by atoms with Crippen molar-refractivity contribution in [3.8, 4) is 0 Å². The second-order valence-corrected chi connectivity index (χ2v) is 14.5. The topological polar surface area (TPSA) is 87.1 Å². The minimum atomic E-state index is -1.03. The van der Waals surface area contributed by atoms with Gasteiger partial charge in [0.05, 0.1) is 35.8 Å². The normalized spacial score (nSPS) is 31.2. The number of rotatable bonds is 5. The predicted molar refractivity (Wildman–Crippen MR) is 177 cm³/mol. The number of esters is 1. The lowest BCUT2D eigenvalue weighted by molar-refractivity contribution is -0.154. The van der Waals surface area contributed by atoms with Crippen LogP contribution >= 0.6 is 11.8 Å². The molecule has 45 heavy (non-hydrogen) atoms. The number of carbonyl (C=O) groups excluding carboxylic acids is 3. The summed E-state index contributed by atoms with van der Waals surface area (Å²) < 4.78 is 4.03. The third-order valence-electron chi connectivity index (χ3n) is 9.90. The number of hydrogen-bond acceptors (Lipinski definition) is 6. The molecule has 0 radical (unpaired) electrons. The molecule has 4 heterocycles. The summed E-state index contributed by atoms with van der Waals surface area (Å²) in [7, 11) is 0. The Morgan fingerprint density at radius 3 is 2.49 bits per heavy atom. The van der Waals surface area contributed by atoms with E-state index in [4.69, 9.17) is 4.74 Å². The third-order valence-corrected chi connectivity index (χ3v) is 11.7. The van der Waals surface area contributed by atoms with Crippen LogP contribution in [-0.2, 0) is 25.5 Å². The van der Waals surface area contributed by atoms with Crippen LogP contribution in [0.1, 0.15) is 31.7 Å². The lowest BCUT2D eigenvalue weighted by Gasteiger charge is -2.40. The van der Waals surface area contributed by atoms with Gasteiger partial charge in [0.25, 0.3) is 5.91 Å². The average Bonchev–Trinajstić information content (AvgIpc) is 3.39. The van der Waals surface area contributed by atoms with Gasteiger partial charge < -0.3 is 19.6 Å². The molecule has 3 aromatic rings. The number of fused-ring (bicyclic) bond motifs is 3. The maximum absolute atomic E-state index is 15.0.